The minimum Gasteiger partial charge on any atom is -0.305 e. The van der Waals surface area contributed by atoms with Crippen LogP contribution in [-0.4, -0.2) is 16.3 Å². The third-order valence-electron chi connectivity index (χ3n) is 3.95. The lowest BCUT2D eigenvalue weighted by Gasteiger charge is -2.20. The Labute approximate surface area is 128 Å². The van der Waals surface area contributed by atoms with Gasteiger partial charge in [0.2, 0.25) is 0 Å². The topological polar surface area (TPSA) is 29.9 Å². The van der Waals surface area contributed by atoms with Crippen LogP contribution in [0.15, 0.2) is 30.3 Å². The maximum absolute atomic E-state index is 4.69. The quantitative estimate of drug-likeness (QED) is 0.840. The molecule has 1 atom stereocenters. The van der Waals surface area contributed by atoms with Gasteiger partial charge >= 0.3 is 0 Å². The molecular weight excluding hydrogens is 258 g/mol. The van der Waals surface area contributed by atoms with E-state index in [0.29, 0.717) is 0 Å². The van der Waals surface area contributed by atoms with Gasteiger partial charge in [0.05, 0.1) is 17.4 Å². The Bertz CT molecular complexity index is 554. The van der Waals surface area contributed by atoms with Gasteiger partial charge in [-0.15, -0.1) is 0 Å². The molecule has 1 aromatic carbocycles. The summed E-state index contributed by atoms with van der Waals surface area (Å²) in [5.41, 5.74) is 5.12. The first-order valence-corrected chi connectivity index (χ1v) is 8.12. The Morgan fingerprint density at radius 2 is 1.76 bits per heavy atom. The van der Waals surface area contributed by atoms with Crippen molar-refractivity contribution < 1.29 is 0 Å². The molecule has 114 valence electrons. The minimum atomic E-state index is 0.216. The number of hydrogen-bond acceptors (Lipinski definition) is 2. The fourth-order valence-electron chi connectivity index (χ4n) is 2.69. The van der Waals surface area contributed by atoms with Gasteiger partial charge in [0.1, 0.15) is 0 Å². The number of nitrogens with zero attached hydrogens (tertiary/aromatic N) is 2. The van der Waals surface area contributed by atoms with Crippen LogP contribution in [0.4, 0.5) is 0 Å². The summed E-state index contributed by atoms with van der Waals surface area (Å²) in [6.45, 7) is 10.5. The molecule has 0 bridgehead atoms. The highest BCUT2D eigenvalue weighted by atomic mass is 15.3. The minimum absolute atomic E-state index is 0.216. The second-order valence-electron chi connectivity index (χ2n) is 5.32. The molecule has 1 aromatic heterocycles. The van der Waals surface area contributed by atoms with Crippen molar-refractivity contribution >= 4 is 0 Å². The molecule has 0 radical (unpaired) electrons. The predicted molar refractivity (Wildman–Crippen MR) is 88.6 cm³/mol. The molecule has 0 aliphatic carbocycles. The highest BCUT2D eigenvalue weighted by Crippen LogP contribution is 2.24. The lowest BCUT2D eigenvalue weighted by molar-refractivity contribution is 0.540. The predicted octanol–water partition coefficient (Wildman–Crippen LogP) is 3.73. The Kier molecular flexibility index (Phi) is 5.57. The van der Waals surface area contributed by atoms with Crippen LogP contribution in [0.1, 0.15) is 56.3 Å². The van der Waals surface area contributed by atoms with Crippen LogP contribution in [0.5, 0.6) is 0 Å². The van der Waals surface area contributed by atoms with Crippen molar-refractivity contribution in [3.05, 3.63) is 52.8 Å². The van der Waals surface area contributed by atoms with Gasteiger partial charge in [0.15, 0.2) is 0 Å². The second kappa shape index (κ2) is 7.41. The molecular formula is C18H27N3. The molecule has 0 aliphatic heterocycles. The molecule has 1 heterocycles. The van der Waals surface area contributed by atoms with Crippen molar-refractivity contribution in [1.82, 2.24) is 15.1 Å². The van der Waals surface area contributed by atoms with Crippen LogP contribution < -0.4 is 5.32 Å². The van der Waals surface area contributed by atoms with Crippen molar-refractivity contribution in [2.45, 2.75) is 53.1 Å². The van der Waals surface area contributed by atoms with Crippen molar-refractivity contribution in [3.8, 4) is 0 Å². The molecule has 0 spiro atoms. The highest BCUT2D eigenvalue weighted by molar-refractivity contribution is 5.31. The van der Waals surface area contributed by atoms with E-state index in [0.717, 1.165) is 25.9 Å². The number of nitrogens with one attached hydrogen (secondary N) is 1. The third-order valence-corrected chi connectivity index (χ3v) is 3.95. The fourth-order valence-corrected chi connectivity index (χ4v) is 2.69. The van der Waals surface area contributed by atoms with Crippen molar-refractivity contribution in [1.29, 1.82) is 0 Å². The van der Waals surface area contributed by atoms with E-state index >= 15 is 0 Å². The number of hydrogen-bond donors (Lipinski definition) is 1. The van der Waals surface area contributed by atoms with Crippen LogP contribution in [0.3, 0.4) is 0 Å². The summed E-state index contributed by atoms with van der Waals surface area (Å²) in [7, 11) is 0. The van der Waals surface area contributed by atoms with E-state index in [1.165, 1.54) is 22.5 Å². The fraction of sp³-hybridized carbons (Fsp3) is 0.500. The molecule has 2 rings (SSSR count). The summed E-state index contributed by atoms with van der Waals surface area (Å²) in [6, 6.07) is 11.4. The van der Waals surface area contributed by atoms with E-state index in [-0.39, 0.29) is 6.04 Å². The second-order valence-corrected chi connectivity index (χ2v) is 5.32. The zero-order chi connectivity index (χ0) is 15.2. The van der Waals surface area contributed by atoms with Crippen LogP contribution >= 0.6 is 0 Å². The van der Waals surface area contributed by atoms with Crippen molar-refractivity contribution in [2.75, 3.05) is 6.54 Å². The van der Waals surface area contributed by atoms with Gasteiger partial charge < -0.3 is 5.32 Å². The Balaban J connectivity index is 2.39. The average molecular weight is 285 g/mol. The van der Waals surface area contributed by atoms with Crippen LogP contribution in [0.25, 0.3) is 0 Å². The summed E-state index contributed by atoms with van der Waals surface area (Å²) in [4.78, 5) is 0. The molecule has 21 heavy (non-hydrogen) atoms. The molecule has 1 N–H and O–H groups in total. The Morgan fingerprint density at radius 1 is 1.05 bits per heavy atom. The number of benzene rings is 1. The van der Waals surface area contributed by atoms with Gasteiger partial charge in [-0.05, 0) is 43.5 Å². The summed E-state index contributed by atoms with van der Waals surface area (Å²) in [5.74, 6) is 0. The maximum atomic E-state index is 4.69. The molecule has 1 unspecified atom stereocenters. The largest absolute Gasteiger partial charge is 0.305 e. The first-order chi connectivity index (χ1) is 10.2. The average Bonchev–Trinajstić information content (AvgIpc) is 2.96. The highest BCUT2D eigenvalue weighted by Gasteiger charge is 2.18. The van der Waals surface area contributed by atoms with Gasteiger partial charge in [-0.2, -0.15) is 5.10 Å². The number of aromatic nitrogens is 2. The zero-order valence-electron chi connectivity index (χ0n) is 13.7. The standard InChI is InChI=1S/C18H27N3/c1-5-14-9-11-15(12-10-14)18(19-7-3)17-13-16(6-2)20-21(17)8-4/h9-13,18-19H,5-8H2,1-4H3. The van der Waals surface area contributed by atoms with Crippen LogP contribution in [0, 0.1) is 0 Å². The van der Waals surface area contributed by atoms with Crippen LogP contribution in [-0.2, 0) is 19.4 Å². The van der Waals surface area contributed by atoms with Gasteiger partial charge in [0, 0.05) is 6.54 Å². The summed E-state index contributed by atoms with van der Waals surface area (Å²) in [5, 5.41) is 8.29. The lowest BCUT2D eigenvalue weighted by atomic mass is 10.0. The van der Waals surface area contributed by atoms with E-state index in [9.17, 15) is 0 Å². The van der Waals surface area contributed by atoms with Gasteiger partial charge in [-0.25, -0.2) is 0 Å². The van der Waals surface area contributed by atoms with E-state index in [1.807, 2.05) is 0 Å². The normalized spacial score (nSPS) is 12.6. The molecule has 2 aromatic rings. The Morgan fingerprint density at radius 3 is 2.29 bits per heavy atom. The monoisotopic (exact) mass is 285 g/mol. The van der Waals surface area contributed by atoms with E-state index < -0.39 is 0 Å². The lowest BCUT2D eigenvalue weighted by Crippen LogP contribution is -2.24. The smallest absolute Gasteiger partial charge is 0.0748 e. The molecule has 0 saturated heterocycles. The maximum Gasteiger partial charge on any atom is 0.0748 e. The zero-order valence-corrected chi connectivity index (χ0v) is 13.7. The van der Waals surface area contributed by atoms with E-state index in [4.69, 9.17) is 0 Å². The van der Waals surface area contributed by atoms with Gasteiger partial charge in [0.25, 0.3) is 0 Å². The molecule has 3 nitrogen and oxygen atoms in total. The molecule has 0 fully saturated rings. The van der Waals surface area contributed by atoms with Gasteiger partial charge in [-0.3, -0.25) is 4.68 Å². The summed E-state index contributed by atoms with van der Waals surface area (Å²) in [6.07, 6.45) is 2.06. The molecule has 0 aliphatic rings. The first kappa shape index (κ1) is 15.8. The number of aryl methyl sites for hydroxylation is 3. The van der Waals surface area contributed by atoms with E-state index in [1.54, 1.807) is 0 Å². The van der Waals surface area contributed by atoms with Crippen LogP contribution in [0.2, 0.25) is 0 Å². The SMILES string of the molecule is CCNC(c1ccc(CC)cc1)c1cc(CC)nn1CC. The first-order valence-electron chi connectivity index (χ1n) is 8.12. The molecule has 0 saturated carbocycles. The van der Waals surface area contributed by atoms with E-state index in [2.05, 4.69) is 73.1 Å². The van der Waals surface area contributed by atoms with Crippen molar-refractivity contribution in [2.24, 2.45) is 0 Å². The Hall–Kier alpha value is -1.61. The van der Waals surface area contributed by atoms with Crippen molar-refractivity contribution in [3.63, 3.8) is 0 Å². The number of rotatable bonds is 7. The molecule has 0 amide bonds. The summed E-state index contributed by atoms with van der Waals surface area (Å²) >= 11 is 0. The van der Waals surface area contributed by atoms with Gasteiger partial charge in [-0.1, -0.05) is 45.0 Å². The summed E-state index contributed by atoms with van der Waals surface area (Å²) < 4.78 is 2.12. The third kappa shape index (κ3) is 3.53. The molecule has 3 heteroatoms.